The van der Waals surface area contributed by atoms with Gasteiger partial charge in [0.05, 0.1) is 46.1 Å². The number of fused-ring (bicyclic) bond motifs is 5. The van der Waals surface area contributed by atoms with Crippen molar-refractivity contribution in [3.8, 4) is 11.5 Å². The van der Waals surface area contributed by atoms with Gasteiger partial charge in [0.1, 0.15) is 17.6 Å². The zero-order chi connectivity index (χ0) is 32.9. The van der Waals surface area contributed by atoms with Crippen LogP contribution in [0.25, 0.3) is 0 Å². The highest BCUT2D eigenvalue weighted by atomic mass is 16.5. The number of methoxy groups -OCH3 is 2. The Balaban J connectivity index is 1.19. The molecule has 2 aromatic rings. The average molecular weight is 643 g/mol. The van der Waals surface area contributed by atoms with E-state index in [2.05, 4.69) is 25.2 Å². The van der Waals surface area contributed by atoms with Crippen LogP contribution in [0.2, 0.25) is 0 Å². The number of rotatable bonds is 9. The molecular weight excluding hydrogens is 592 g/mol. The summed E-state index contributed by atoms with van der Waals surface area (Å²) in [5.41, 5.74) is 2.97. The van der Waals surface area contributed by atoms with E-state index in [1.165, 1.54) is 0 Å². The van der Waals surface area contributed by atoms with Gasteiger partial charge in [-0.05, 0) is 103 Å². The topological polar surface area (TPSA) is 80.3 Å². The fourth-order valence-electron chi connectivity index (χ4n) is 8.30. The number of esters is 1. The third-order valence-corrected chi connectivity index (χ3v) is 11.1. The van der Waals surface area contributed by atoms with Gasteiger partial charge >= 0.3 is 5.97 Å². The Kier molecular flexibility index (Phi) is 10.8. The first-order valence-electron chi connectivity index (χ1n) is 17.5. The summed E-state index contributed by atoms with van der Waals surface area (Å²) in [5, 5.41) is 0. The Bertz CT molecular complexity index is 1430. The predicted molar refractivity (Wildman–Crippen MR) is 180 cm³/mol. The van der Waals surface area contributed by atoms with Crippen molar-refractivity contribution in [1.29, 1.82) is 0 Å². The van der Waals surface area contributed by atoms with Crippen molar-refractivity contribution in [3.05, 3.63) is 83.5 Å². The largest absolute Gasteiger partial charge is 0.497 e. The smallest absolute Gasteiger partial charge is 0.306 e. The van der Waals surface area contributed by atoms with E-state index in [0.717, 1.165) is 66.7 Å². The van der Waals surface area contributed by atoms with Gasteiger partial charge in [-0.3, -0.25) is 9.59 Å². The van der Waals surface area contributed by atoms with Crippen LogP contribution in [0, 0.1) is 35.5 Å². The minimum Gasteiger partial charge on any atom is -0.497 e. The van der Waals surface area contributed by atoms with Crippen LogP contribution in [0.5, 0.6) is 11.5 Å². The second-order valence-corrected chi connectivity index (χ2v) is 13.9. The lowest BCUT2D eigenvalue weighted by atomic mass is 9.70. The summed E-state index contributed by atoms with van der Waals surface area (Å²) in [6, 6.07) is 15.9. The maximum Gasteiger partial charge on any atom is 0.306 e. The highest BCUT2D eigenvalue weighted by molar-refractivity contribution is 5.99. The third kappa shape index (κ3) is 7.68. The van der Waals surface area contributed by atoms with E-state index in [4.69, 9.17) is 23.7 Å². The van der Waals surface area contributed by atoms with Gasteiger partial charge in [0.2, 0.25) is 0 Å². The standard InChI is InChI=1S/C40H50O7/c1-5-29-7-6-8-38(46-24-27-11-16-31(44-4)17-12-27)25(2)40(42)37-21-35-33(36(37)22-39(41)47-29)18-13-28-19-32(20-34(28)35)45-23-26-9-14-30(43-3)15-10-26/h9-18,21,25,28-29,32-36,38H,5-8,19-20,22-24H2,1-4H3/t25-,28-,29+,32-,33-,34-,35-,36+,38+/m1/s1. The van der Waals surface area contributed by atoms with Crippen LogP contribution >= 0.6 is 0 Å². The van der Waals surface area contributed by atoms with Crippen molar-refractivity contribution >= 4 is 11.8 Å². The van der Waals surface area contributed by atoms with Crippen LogP contribution < -0.4 is 9.47 Å². The first kappa shape index (κ1) is 33.5. The van der Waals surface area contributed by atoms with E-state index >= 15 is 0 Å². The number of carbonyl (C=O) groups excluding carboxylic acids is 2. The van der Waals surface area contributed by atoms with E-state index in [1.807, 2.05) is 55.5 Å². The van der Waals surface area contributed by atoms with Crippen LogP contribution in [0.15, 0.2) is 72.3 Å². The first-order chi connectivity index (χ1) is 22.9. The van der Waals surface area contributed by atoms with Crippen LogP contribution in [-0.4, -0.2) is 44.3 Å². The Hall–Kier alpha value is -3.42. The van der Waals surface area contributed by atoms with E-state index in [0.29, 0.717) is 25.0 Å². The van der Waals surface area contributed by atoms with Crippen molar-refractivity contribution < 1.29 is 33.3 Å². The molecule has 3 aliphatic carbocycles. The second kappa shape index (κ2) is 15.2. The maximum atomic E-state index is 14.4. The van der Waals surface area contributed by atoms with E-state index in [1.54, 1.807) is 14.2 Å². The molecule has 2 fully saturated rings. The summed E-state index contributed by atoms with van der Waals surface area (Å²) in [7, 11) is 3.33. The summed E-state index contributed by atoms with van der Waals surface area (Å²) < 4.78 is 29.6. The van der Waals surface area contributed by atoms with Crippen LogP contribution in [0.3, 0.4) is 0 Å². The molecule has 0 N–H and O–H groups in total. The van der Waals surface area contributed by atoms with E-state index in [9.17, 15) is 9.59 Å². The molecule has 6 rings (SSSR count). The zero-order valence-electron chi connectivity index (χ0n) is 28.3. The third-order valence-electron chi connectivity index (χ3n) is 11.1. The second-order valence-electron chi connectivity index (χ2n) is 13.9. The Labute approximate surface area is 279 Å². The predicted octanol–water partition coefficient (Wildman–Crippen LogP) is 7.66. The molecule has 0 unspecified atom stereocenters. The SMILES string of the molecule is CC[C@H]1CCC[C@H](OCc2ccc(OC)cc2)[C@@H](C)C(=O)C2=C[C@@H]3[C@@H](C=C[C@@H]4C[C@@H](OCc5ccc(OC)cc5)C[C@@H]34)[C@@H]2CC(=O)O1. The molecule has 9 atom stereocenters. The van der Waals surface area contributed by atoms with Crippen LogP contribution in [0.1, 0.15) is 69.9 Å². The molecule has 1 saturated heterocycles. The molecule has 1 heterocycles. The highest BCUT2D eigenvalue weighted by Crippen LogP contribution is 2.54. The molecule has 0 radical (unpaired) electrons. The molecule has 4 aliphatic rings. The number of ketones is 1. The molecule has 1 aliphatic heterocycles. The van der Waals surface area contributed by atoms with Crippen molar-refractivity contribution in [2.45, 2.75) is 90.3 Å². The van der Waals surface area contributed by atoms with Crippen molar-refractivity contribution in [3.63, 3.8) is 0 Å². The molecule has 2 aromatic carbocycles. The van der Waals surface area contributed by atoms with E-state index < -0.39 is 0 Å². The van der Waals surface area contributed by atoms with Crippen molar-refractivity contribution in [2.24, 2.45) is 35.5 Å². The molecule has 1 saturated carbocycles. The number of hydrogen-bond donors (Lipinski definition) is 0. The molecule has 7 nitrogen and oxygen atoms in total. The number of hydrogen-bond acceptors (Lipinski definition) is 7. The minimum atomic E-state index is -0.318. The van der Waals surface area contributed by atoms with Gasteiger partial charge in [-0.15, -0.1) is 0 Å². The van der Waals surface area contributed by atoms with Gasteiger partial charge in [-0.25, -0.2) is 0 Å². The van der Waals surface area contributed by atoms with Crippen LogP contribution in [-0.2, 0) is 37.0 Å². The number of allylic oxidation sites excluding steroid dienone is 4. The lowest BCUT2D eigenvalue weighted by molar-refractivity contribution is -0.151. The zero-order valence-corrected chi connectivity index (χ0v) is 28.3. The summed E-state index contributed by atoms with van der Waals surface area (Å²) in [6.07, 6.45) is 11.9. The number of benzene rings is 2. The van der Waals surface area contributed by atoms with Gasteiger partial charge in [-0.1, -0.05) is 56.3 Å². The van der Waals surface area contributed by atoms with Gasteiger partial charge in [0.25, 0.3) is 0 Å². The molecule has 7 heteroatoms. The lowest BCUT2D eigenvalue weighted by Crippen LogP contribution is -2.34. The highest BCUT2D eigenvalue weighted by Gasteiger charge is 2.50. The monoisotopic (exact) mass is 642 g/mol. The molecule has 252 valence electrons. The van der Waals surface area contributed by atoms with Gasteiger partial charge in [0.15, 0.2) is 5.78 Å². The minimum absolute atomic E-state index is 0.108. The van der Waals surface area contributed by atoms with Gasteiger partial charge in [0, 0.05) is 11.8 Å². The fraction of sp³-hybridized carbons (Fsp3) is 0.550. The summed E-state index contributed by atoms with van der Waals surface area (Å²) >= 11 is 0. The van der Waals surface area contributed by atoms with Gasteiger partial charge < -0.3 is 23.7 Å². The quantitative estimate of drug-likeness (QED) is 0.205. The lowest BCUT2D eigenvalue weighted by Gasteiger charge is -2.34. The fourth-order valence-corrected chi connectivity index (χ4v) is 8.30. The molecule has 0 spiro atoms. The van der Waals surface area contributed by atoms with Crippen molar-refractivity contribution in [1.82, 2.24) is 0 Å². The summed E-state index contributed by atoms with van der Waals surface area (Å²) in [6.45, 7) is 5.08. The maximum absolute atomic E-state index is 14.4. The Morgan fingerprint density at radius 1 is 0.809 bits per heavy atom. The number of Topliss-reactive ketones (excluding diaryl/α,β-unsaturated/α-hetero) is 1. The number of ether oxygens (including phenoxy) is 5. The molecular formula is C40H50O7. The molecule has 47 heavy (non-hydrogen) atoms. The van der Waals surface area contributed by atoms with Crippen molar-refractivity contribution in [2.75, 3.05) is 14.2 Å². The molecule has 0 aromatic heterocycles. The van der Waals surface area contributed by atoms with Gasteiger partial charge in [-0.2, -0.15) is 0 Å². The summed E-state index contributed by atoms with van der Waals surface area (Å²) in [5.74, 6) is 2.16. The number of carbonyl (C=O) groups is 2. The normalized spacial score (nSPS) is 32.3. The molecule has 0 bridgehead atoms. The summed E-state index contributed by atoms with van der Waals surface area (Å²) in [4.78, 5) is 27.7. The average Bonchev–Trinajstić information content (AvgIpc) is 3.69. The Morgan fingerprint density at radius 2 is 1.47 bits per heavy atom. The molecule has 0 amide bonds. The number of cyclic esters (lactones) is 1. The Morgan fingerprint density at radius 3 is 2.11 bits per heavy atom. The van der Waals surface area contributed by atoms with E-state index in [-0.39, 0.29) is 60.2 Å². The van der Waals surface area contributed by atoms with Crippen LogP contribution in [0.4, 0.5) is 0 Å². The first-order valence-corrected chi connectivity index (χ1v) is 17.5.